The number of hydrogen-bond acceptors (Lipinski definition) is 4. The van der Waals surface area contributed by atoms with E-state index in [1.165, 1.54) is 11.3 Å². The maximum atomic E-state index is 12.7. The van der Waals surface area contributed by atoms with Gasteiger partial charge in [0.25, 0.3) is 10.0 Å². The molecule has 0 bridgehead atoms. The number of hydrogen-bond donors (Lipinski definition) is 1. The number of nitrogens with zero attached hydrogens (tertiary/aromatic N) is 1. The van der Waals surface area contributed by atoms with Crippen LogP contribution in [0.1, 0.15) is 38.1 Å². The van der Waals surface area contributed by atoms with Gasteiger partial charge in [-0.15, -0.1) is 11.3 Å². The van der Waals surface area contributed by atoms with Gasteiger partial charge in [-0.3, -0.25) is 0 Å². The molecule has 20 heavy (non-hydrogen) atoms. The molecule has 0 unspecified atom stereocenters. The van der Waals surface area contributed by atoms with Gasteiger partial charge in [-0.2, -0.15) is 4.31 Å². The molecular weight excluding hydrogens is 292 g/mol. The molecule has 0 aliphatic heterocycles. The Morgan fingerprint density at radius 3 is 2.50 bits per heavy atom. The Kier molecular flexibility index (Phi) is 6.64. The molecule has 6 heteroatoms. The van der Waals surface area contributed by atoms with E-state index in [0.29, 0.717) is 23.2 Å². The monoisotopic (exact) mass is 318 g/mol. The molecule has 0 saturated carbocycles. The largest absolute Gasteiger partial charge is 0.312 e. The number of thiophene rings is 1. The lowest BCUT2D eigenvalue weighted by Gasteiger charge is -2.21. The van der Waals surface area contributed by atoms with Crippen LogP contribution in [0.5, 0.6) is 0 Å². The van der Waals surface area contributed by atoms with Crippen molar-refractivity contribution in [1.82, 2.24) is 9.62 Å². The van der Waals surface area contributed by atoms with Gasteiger partial charge in [-0.25, -0.2) is 8.42 Å². The topological polar surface area (TPSA) is 49.4 Å². The summed E-state index contributed by atoms with van der Waals surface area (Å²) in [5.41, 5.74) is 1.05. The molecule has 0 fully saturated rings. The Bertz CT molecular complexity index is 521. The first-order valence-corrected chi connectivity index (χ1v) is 9.38. The fourth-order valence-corrected chi connectivity index (χ4v) is 5.29. The molecule has 0 saturated heterocycles. The van der Waals surface area contributed by atoms with Crippen molar-refractivity contribution in [2.45, 2.75) is 45.4 Å². The van der Waals surface area contributed by atoms with Gasteiger partial charge in [0, 0.05) is 24.5 Å². The minimum Gasteiger partial charge on any atom is -0.312 e. The van der Waals surface area contributed by atoms with Gasteiger partial charge in [0.2, 0.25) is 0 Å². The van der Waals surface area contributed by atoms with Crippen molar-refractivity contribution >= 4 is 21.4 Å². The first kappa shape index (κ1) is 17.6. The average Bonchev–Trinajstić information content (AvgIpc) is 2.75. The highest BCUT2D eigenvalue weighted by atomic mass is 32.2. The molecule has 1 aromatic rings. The lowest BCUT2D eigenvalue weighted by Crippen LogP contribution is -2.33. The van der Waals surface area contributed by atoms with Crippen LogP contribution in [0.15, 0.2) is 10.3 Å². The van der Waals surface area contributed by atoms with Gasteiger partial charge < -0.3 is 5.32 Å². The smallest absolute Gasteiger partial charge is 0.252 e. The Balaban J connectivity index is 3.02. The Morgan fingerprint density at radius 2 is 2.00 bits per heavy atom. The second-order valence-corrected chi connectivity index (χ2v) is 8.60. The second-order valence-electron chi connectivity index (χ2n) is 5.30. The Morgan fingerprint density at radius 1 is 1.35 bits per heavy atom. The normalized spacial score (nSPS) is 12.6. The van der Waals surface area contributed by atoms with E-state index in [2.05, 4.69) is 5.32 Å². The van der Waals surface area contributed by atoms with E-state index in [-0.39, 0.29) is 0 Å². The van der Waals surface area contributed by atoms with Gasteiger partial charge in [-0.1, -0.05) is 27.7 Å². The number of rotatable bonds is 8. The lowest BCUT2D eigenvalue weighted by molar-refractivity contribution is 0.382. The summed E-state index contributed by atoms with van der Waals surface area (Å²) in [7, 11) is -3.35. The molecule has 0 spiro atoms. The summed E-state index contributed by atoms with van der Waals surface area (Å²) in [4.78, 5) is 1.10. The van der Waals surface area contributed by atoms with Crippen LogP contribution in [-0.4, -0.2) is 32.4 Å². The number of nitrogens with one attached hydrogen (secondary N) is 1. The highest BCUT2D eigenvalue weighted by Crippen LogP contribution is 2.28. The van der Waals surface area contributed by atoms with Crippen molar-refractivity contribution in [2.24, 2.45) is 5.92 Å². The van der Waals surface area contributed by atoms with Crippen molar-refractivity contribution in [3.05, 3.63) is 16.5 Å². The number of sulfonamides is 1. The van der Waals surface area contributed by atoms with Gasteiger partial charge >= 0.3 is 0 Å². The average molecular weight is 319 g/mol. The third kappa shape index (κ3) is 4.28. The molecule has 0 amide bonds. The van der Waals surface area contributed by atoms with Crippen LogP contribution >= 0.6 is 11.3 Å². The lowest BCUT2D eigenvalue weighted by atomic mass is 10.2. The van der Waals surface area contributed by atoms with Crippen LogP contribution in [0.25, 0.3) is 0 Å². The number of aryl methyl sites for hydroxylation is 1. The van der Waals surface area contributed by atoms with Crippen LogP contribution in [0.3, 0.4) is 0 Å². The van der Waals surface area contributed by atoms with Crippen LogP contribution in [0.2, 0.25) is 0 Å². The van der Waals surface area contributed by atoms with Crippen molar-refractivity contribution in [1.29, 1.82) is 0 Å². The summed E-state index contributed by atoms with van der Waals surface area (Å²) in [5.74, 6) is 0.326. The fraction of sp³-hybridized carbons (Fsp3) is 0.714. The molecule has 4 nitrogen and oxygen atoms in total. The molecule has 0 aliphatic carbocycles. The molecule has 1 N–H and O–H groups in total. The molecular formula is C14H26N2O2S2. The summed E-state index contributed by atoms with van der Waals surface area (Å²) >= 11 is 1.39. The molecule has 1 aromatic heterocycles. The van der Waals surface area contributed by atoms with Crippen LogP contribution in [0, 0.1) is 12.8 Å². The molecule has 1 rings (SSSR count). The van der Waals surface area contributed by atoms with Crippen LogP contribution < -0.4 is 5.32 Å². The molecule has 0 aromatic carbocycles. The maximum Gasteiger partial charge on any atom is 0.252 e. The zero-order chi connectivity index (χ0) is 15.3. The summed E-state index contributed by atoms with van der Waals surface area (Å²) < 4.78 is 27.3. The van der Waals surface area contributed by atoms with Crippen molar-refractivity contribution in [3.8, 4) is 0 Å². The highest BCUT2D eigenvalue weighted by molar-refractivity contribution is 7.91. The zero-order valence-corrected chi connectivity index (χ0v) is 14.7. The van der Waals surface area contributed by atoms with E-state index in [4.69, 9.17) is 0 Å². The van der Waals surface area contributed by atoms with E-state index in [0.717, 1.165) is 23.5 Å². The first-order chi connectivity index (χ1) is 9.32. The summed E-state index contributed by atoms with van der Waals surface area (Å²) in [6.07, 6.45) is 0. The Hall–Kier alpha value is -0.430. The minimum absolute atomic E-state index is 0.326. The van der Waals surface area contributed by atoms with E-state index >= 15 is 0 Å². The first-order valence-electron chi connectivity index (χ1n) is 7.13. The fourth-order valence-electron chi connectivity index (χ4n) is 1.96. The molecule has 116 valence electrons. The molecule has 0 radical (unpaired) electrons. The van der Waals surface area contributed by atoms with E-state index < -0.39 is 10.0 Å². The van der Waals surface area contributed by atoms with E-state index in [9.17, 15) is 8.42 Å². The molecule has 1 heterocycles. The van der Waals surface area contributed by atoms with Crippen LogP contribution in [-0.2, 0) is 16.6 Å². The Labute approximate surface area is 127 Å². The second kappa shape index (κ2) is 7.54. The molecule has 0 atom stereocenters. The predicted molar refractivity (Wildman–Crippen MR) is 85.7 cm³/mol. The third-order valence-electron chi connectivity index (χ3n) is 3.05. The van der Waals surface area contributed by atoms with Gasteiger partial charge in [0.15, 0.2) is 0 Å². The van der Waals surface area contributed by atoms with Crippen molar-refractivity contribution in [3.63, 3.8) is 0 Å². The van der Waals surface area contributed by atoms with Gasteiger partial charge in [-0.05, 0) is 31.0 Å². The van der Waals surface area contributed by atoms with Gasteiger partial charge in [0.1, 0.15) is 4.21 Å². The standard InChI is InChI=1S/C14H26N2O2S2/c1-6-15-9-13-12(5)8-14(19-13)20(17,18)16(7-2)10-11(3)4/h8,11,15H,6-7,9-10H2,1-5H3. The SMILES string of the molecule is CCNCc1sc(S(=O)(=O)N(CC)CC(C)C)cc1C. The van der Waals surface area contributed by atoms with Crippen molar-refractivity contribution in [2.75, 3.05) is 19.6 Å². The highest BCUT2D eigenvalue weighted by Gasteiger charge is 2.26. The predicted octanol–water partition coefficient (Wildman–Crippen LogP) is 2.83. The van der Waals surface area contributed by atoms with Crippen molar-refractivity contribution < 1.29 is 8.42 Å². The minimum atomic E-state index is -3.35. The summed E-state index contributed by atoms with van der Waals surface area (Å²) in [5, 5.41) is 3.25. The zero-order valence-electron chi connectivity index (χ0n) is 13.1. The third-order valence-corrected chi connectivity index (χ3v) is 6.68. The van der Waals surface area contributed by atoms with Crippen LogP contribution in [0.4, 0.5) is 0 Å². The summed E-state index contributed by atoms with van der Waals surface area (Å²) in [6, 6.07) is 1.80. The quantitative estimate of drug-likeness (QED) is 0.802. The van der Waals surface area contributed by atoms with E-state index in [1.807, 2.05) is 34.6 Å². The maximum absolute atomic E-state index is 12.7. The molecule has 0 aliphatic rings. The summed E-state index contributed by atoms with van der Waals surface area (Å²) in [6.45, 7) is 12.7. The van der Waals surface area contributed by atoms with Gasteiger partial charge in [0.05, 0.1) is 0 Å². The van der Waals surface area contributed by atoms with E-state index in [1.54, 1.807) is 10.4 Å².